The largest absolute Gasteiger partial charge is 0.355 e. The monoisotopic (exact) mass is 229 g/mol. The number of rotatable bonds is 5. The van der Waals surface area contributed by atoms with Crippen LogP contribution in [0.2, 0.25) is 0 Å². The summed E-state index contributed by atoms with van der Waals surface area (Å²) in [6, 6.07) is 4.13. The van der Waals surface area contributed by atoms with Gasteiger partial charge in [-0.2, -0.15) is 11.8 Å². The lowest BCUT2D eigenvalue weighted by atomic mass is 10.3. The molecular weight excluding hydrogens is 214 g/mol. The molecule has 0 aliphatic rings. The molecule has 4 heteroatoms. The predicted molar refractivity (Wildman–Crippen MR) is 64.0 cm³/mol. The quantitative estimate of drug-likeness (QED) is 0.838. The Morgan fingerprint density at radius 3 is 3.07 bits per heavy atom. The second-order valence-electron chi connectivity index (χ2n) is 3.00. The molecule has 0 saturated heterocycles. The van der Waals surface area contributed by atoms with Crippen LogP contribution in [0.3, 0.4) is 0 Å². The number of hydrogen-bond donors (Lipinski definition) is 1. The maximum Gasteiger partial charge on any atom is 0.232 e. The zero-order valence-corrected chi connectivity index (χ0v) is 10.1. The number of carbonyl (C=O) groups excluding carboxylic acids is 1. The van der Waals surface area contributed by atoms with E-state index in [-0.39, 0.29) is 11.2 Å². The van der Waals surface area contributed by atoms with Gasteiger partial charge in [-0.15, -0.1) is 11.3 Å². The Bertz CT molecular complexity index is 272. The van der Waals surface area contributed by atoms with Crippen molar-refractivity contribution in [3.8, 4) is 0 Å². The van der Waals surface area contributed by atoms with E-state index in [2.05, 4.69) is 16.8 Å². The van der Waals surface area contributed by atoms with Crippen LogP contribution in [-0.4, -0.2) is 24.0 Å². The van der Waals surface area contributed by atoms with E-state index in [1.54, 1.807) is 23.1 Å². The summed E-state index contributed by atoms with van der Waals surface area (Å²) in [4.78, 5) is 12.7. The molecule has 1 rings (SSSR count). The van der Waals surface area contributed by atoms with Crippen LogP contribution in [0, 0.1) is 0 Å². The highest BCUT2D eigenvalue weighted by atomic mass is 32.2. The molecule has 0 aliphatic carbocycles. The summed E-state index contributed by atoms with van der Waals surface area (Å²) in [5, 5.41) is 5.03. The first-order valence-corrected chi connectivity index (χ1v) is 6.73. The summed E-state index contributed by atoms with van der Waals surface area (Å²) < 4.78 is 0. The van der Waals surface area contributed by atoms with Gasteiger partial charge in [0.15, 0.2) is 0 Å². The van der Waals surface area contributed by atoms with Crippen LogP contribution >= 0.6 is 23.1 Å². The standard InChI is InChI=1S/C10H15NOS2/c1-8(13-2)10(12)11-6-5-9-4-3-7-14-9/h3-4,7-8H,5-6H2,1-2H3,(H,11,12). The van der Waals surface area contributed by atoms with Gasteiger partial charge in [0.25, 0.3) is 0 Å². The summed E-state index contributed by atoms with van der Waals surface area (Å²) in [5.74, 6) is 0.133. The van der Waals surface area contributed by atoms with Crippen molar-refractivity contribution >= 4 is 29.0 Å². The van der Waals surface area contributed by atoms with Gasteiger partial charge in [-0.3, -0.25) is 4.79 Å². The Balaban J connectivity index is 2.18. The smallest absolute Gasteiger partial charge is 0.232 e. The van der Waals surface area contributed by atoms with E-state index in [9.17, 15) is 4.79 Å². The zero-order valence-electron chi connectivity index (χ0n) is 8.45. The van der Waals surface area contributed by atoms with E-state index >= 15 is 0 Å². The highest BCUT2D eigenvalue weighted by Gasteiger charge is 2.09. The molecule has 0 saturated carbocycles. The van der Waals surface area contributed by atoms with Gasteiger partial charge in [0.05, 0.1) is 5.25 Å². The normalized spacial score (nSPS) is 12.4. The molecule has 0 aromatic carbocycles. The lowest BCUT2D eigenvalue weighted by Gasteiger charge is -2.08. The van der Waals surface area contributed by atoms with Crippen molar-refractivity contribution in [2.24, 2.45) is 0 Å². The van der Waals surface area contributed by atoms with E-state index in [4.69, 9.17) is 0 Å². The molecule has 14 heavy (non-hydrogen) atoms. The molecule has 1 amide bonds. The van der Waals surface area contributed by atoms with Gasteiger partial charge in [-0.1, -0.05) is 6.07 Å². The van der Waals surface area contributed by atoms with Crippen molar-refractivity contribution in [3.05, 3.63) is 22.4 Å². The fourth-order valence-corrected chi connectivity index (χ4v) is 2.02. The van der Waals surface area contributed by atoms with Gasteiger partial charge >= 0.3 is 0 Å². The van der Waals surface area contributed by atoms with Crippen LogP contribution in [0.25, 0.3) is 0 Å². The van der Waals surface area contributed by atoms with E-state index in [1.807, 2.05) is 19.2 Å². The fraction of sp³-hybridized carbons (Fsp3) is 0.500. The Hall–Kier alpha value is -0.480. The van der Waals surface area contributed by atoms with Gasteiger partial charge in [0.1, 0.15) is 0 Å². The van der Waals surface area contributed by atoms with Crippen molar-refractivity contribution in [2.45, 2.75) is 18.6 Å². The highest BCUT2D eigenvalue weighted by Crippen LogP contribution is 2.08. The number of nitrogens with one attached hydrogen (secondary N) is 1. The second-order valence-corrected chi connectivity index (χ2v) is 5.21. The van der Waals surface area contributed by atoms with Crippen molar-refractivity contribution in [1.29, 1.82) is 0 Å². The number of thiophene rings is 1. The fourth-order valence-electron chi connectivity index (χ4n) is 1.01. The van der Waals surface area contributed by atoms with Crippen LogP contribution in [-0.2, 0) is 11.2 Å². The Kier molecular flexibility index (Phi) is 5.04. The zero-order chi connectivity index (χ0) is 10.4. The summed E-state index contributed by atoms with van der Waals surface area (Å²) >= 11 is 3.30. The van der Waals surface area contributed by atoms with E-state index < -0.39 is 0 Å². The Morgan fingerprint density at radius 1 is 1.71 bits per heavy atom. The maximum atomic E-state index is 11.4. The minimum atomic E-state index is 0.0540. The molecule has 1 aromatic rings. The average Bonchev–Trinajstić information content (AvgIpc) is 2.69. The number of hydrogen-bond acceptors (Lipinski definition) is 3. The number of amides is 1. The van der Waals surface area contributed by atoms with Gasteiger partial charge in [0, 0.05) is 11.4 Å². The summed E-state index contributed by atoms with van der Waals surface area (Å²) in [6.45, 7) is 2.66. The molecule has 0 bridgehead atoms. The molecule has 1 aromatic heterocycles. The lowest BCUT2D eigenvalue weighted by molar-refractivity contribution is -0.120. The van der Waals surface area contributed by atoms with Gasteiger partial charge in [0.2, 0.25) is 5.91 Å². The van der Waals surface area contributed by atoms with Gasteiger partial charge in [-0.05, 0) is 31.0 Å². The summed E-state index contributed by atoms with van der Waals surface area (Å²) in [5.41, 5.74) is 0. The molecule has 0 spiro atoms. The molecule has 78 valence electrons. The third kappa shape index (κ3) is 3.72. The van der Waals surface area contributed by atoms with E-state index in [0.717, 1.165) is 13.0 Å². The van der Waals surface area contributed by atoms with Crippen molar-refractivity contribution < 1.29 is 4.79 Å². The summed E-state index contributed by atoms with van der Waals surface area (Å²) in [7, 11) is 0. The van der Waals surface area contributed by atoms with Crippen LogP contribution in [0.5, 0.6) is 0 Å². The summed E-state index contributed by atoms with van der Waals surface area (Å²) in [6.07, 6.45) is 2.88. The van der Waals surface area contributed by atoms with E-state index in [1.165, 1.54) is 4.88 Å². The first-order valence-electron chi connectivity index (χ1n) is 4.57. The van der Waals surface area contributed by atoms with Crippen LogP contribution in [0.4, 0.5) is 0 Å². The van der Waals surface area contributed by atoms with Gasteiger partial charge < -0.3 is 5.32 Å². The molecule has 0 fully saturated rings. The number of carbonyl (C=O) groups is 1. The second kappa shape index (κ2) is 6.09. The first-order chi connectivity index (χ1) is 6.74. The van der Waals surface area contributed by atoms with Gasteiger partial charge in [-0.25, -0.2) is 0 Å². The molecule has 1 unspecified atom stereocenters. The molecular formula is C10H15NOS2. The maximum absolute atomic E-state index is 11.4. The minimum absolute atomic E-state index is 0.0540. The lowest BCUT2D eigenvalue weighted by Crippen LogP contribution is -2.32. The van der Waals surface area contributed by atoms with E-state index in [0.29, 0.717) is 0 Å². The SMILES string of the molecule is CSC(C)C(=O)NCCc1cccs1. The molecule has 1 N–H and O–H groups in total. The topological polar surface area (TPSA) is 29.1 Å². The third-order valence-electron chi connectivity index (χ3n) is 1.97. The predicted octanol–water partition coefficient (Wildman–Crippen LogP) is 2.16. The Morgan fingerprint density at radius 2 is 2.50 bits per heavy atom. The minimum Gasteiger partial charge on any atom is -0.355 e. The van der Waals surface area contributed by atoms with Crippen molar-refractivity contribution in [2.75, 3.05) is 12.8 Å². The molecule has 1 heterocycles. The van der Waals surface area contributed by atoms with Crippen LogP contribution in [0.15, 0.2) is 17.5 Å². The Labute approximate surface area is 93.1 Å². The average molecular weight is 229 g/mol. The third-order valence-corrected chi connectivity index (χ3v) is 3.83. The number of thioether (sulfide) groups is 1. The van der Waals surface area contributed by atoms with Crippen molar-refractivity contribution in [3.63, 3.8) is 0 Å². The van der Waals surface area contributed by atoms with Crippen LogP contribution in [0.1, 0.15) is 11.8 Å². The molecule has 1 atom stereocenters. The van der Waals surface area contributed by atoms with Crippen molar-refractivity contribution in [1.82, 2.24) is 5.32 Å². The molecule has 0 radical (unpaired) electrons. The first kappa shape index (κ1) is 11.6. The molecule has 0 aliphatic heterocycles. The highest BCUT2D eigenvalue weighted by molar-refractivity contribution is 7.99. The molecule has 2 nitrogen and oxygen atoms in total. The van der Waals surface area contributed by atoms with Crippen LogP contribution < -0.4 is 5.32 Å².